The van der Waals surface area contributed by atoms with E-state index in [1.165, 1.54) is 4.90 Å². The first-order chi connectivity index (χ1) is 7.88. The van der Waals surface area contributed by atoms with Crippen LogP contribution < -0.4 is 11.1 Å². The van der Waals surface area contributed by atoms with Gasteiger partial charge >= 0.3 is 0 Å². The van der Waals surface area contributed by atoms with Crippen LogP contribution in [0.25, 0.3) is 0 Å². The molecule has 3 N–H and O–H groups in total. The van der Waals surface area contributed by atoms with Crippen molar-refractivity contribution in [1.29, 1.82) is 0 Å². The molecule has 0 aliphatic heterocycles. The Morgan fingerprint density at radius 2 is 1.94 bits per heavy atom. The molecule has 1 atom stereocenters. The minimum Gasteiger partial charge on any atom is -0.355 e. The molecule has 0 aliphatic rings. The summed E-state index contributed by atoms with van der Waals surface area (Å²) in [5, 5.41) is 2.72. The zero-order chi connectivity index (χ0) is 13.4. The number of hydrogen-bond donors (Lipinski definition) is 2. The van der Waals surface area contributed by atoms with Gasteiger partial charge in [0.15, 0.2) is 0 Å². The highest BCUT2D eigenvalue weighted by atomic mass is 16.2. The van der Waals surface area contributed by atoms with Crippen molar-refractivity contribution < 1.29 is 9.59 Å². The number of nitrogens with two attached hydrogens (primary N) is 1. The van der Waals surface area contributed by atoms with Crippen LogP contribution in [0.1, 0.15) is 33.6 Å². The van der Waals surface area contributed by atoms with Crippen LogP contribution in [0.15, 0.2) is 0 Å². The summed E-state index contributed by atoms with van der Waals surface area (Å²) < 4.78 is 0. The van der Waals surface area contributed by atoms with Crippen molar-refractivity contribution in [3.05, 3.63) is 0 Å². The van der Waals surface area contributed by atoms with Crippen LogP contribution in [0.4, 0.5) is 0 Å². The van der Waals surface area contributed by atoms with Gasteiger partial charge in [0.1, 0.15) is 0 Å². The number of amides is 2. The summed E-state index contributed by atoms with van der Waals surface area (Å²) in [5.74, 6) is 0.0565. The standard InChI is InChI=1S/C12H25N3O2/c1-5-6-14-11(16)8-15(4)12(17)10(13)7-9(2)3/h9-10H,5-8,13H2,1-4H3,(H,14,16). The highest BCUT2D eigenvalue weighted by Gasteiger charge is 2.20. The van der Waals surface area contributed by atoms with Gasteiger partial charge in [0.25, 0.3) is 0 Å². The van der Waals surface area contributed by atoms with E-state index in [1.54, 1.807) is 7.05 Å². The first-order valence-electron chi connectivity index (χ1n) is 6.15. The molecule has 0 aliphatic carbocycles. The van der Waals surface area contributed by atoms with Gasteiger partial charge in [0, 0.05) is 13.6 Å². The molecule has 0 fully saturated rings. The van der Waals surface area contributed by atoms with E-state index in [2.05, 4.69) is 5.32 Å². The van der Waals surface area contributed by atoms with Gasteiger partial charge in [-0.2, -0.15) is 0 Å². The van der Waals surface area contributed by atoms with Crippen LogP contribution in [0.5, 0.6) is 0 Å². The number of carbonyl (C=O) groups excluding carboxylic acids is 2. The molecule has 1 unspecified atom stereocenters. The summed E-state index contributed by atoms with van der Waals surface area (Å²) in [6, 6.07) is -0.515. The molecule has 0 rings (SSSR count). The Hall–Kier alpha value is -1.10. The summed E-state index contributed by atoms with van der Waals surface area (Å²) in [6.07, 6.45) is 1.52. The number of rotatable bonds is 7. The van der Waals surface area contributed by atoms with E-state index in [9.17, 15) is 9.59 Å². The van der Waals surface area contributed by atoms with Crippen LogP contribution in [-0.2, 0) is 9.59 Å². The fraction of sp³-hybridized carbons (Fsp3) is 0.833. The Balaban J connectivity index is 4.08. The normalized spacial score (nSPS) is 12.4. The predicted octanol–water partition coefficient (Wildman–Crippen LogP) is 0.344. The fourth-order valence-corrected chi connectivity index (χ4v) is 1.51. The summed E-state index contributed by atoms with van der Waals surface area (Å²) in [4.78, 5) is 24.6. The van der Waals surface area contributed by atoms with Crippen molar-refractivity contribution in [1.82, 2.24) is 10.2 Å². The van der Waals surface area contributed by atoms with Crippen LogP contribution in [0.3, 0.4) is 0 Å². The molecule has 100 valence electrons. The Morgan fingerprint density at radius 3 is 2.41 bits per heavy atom. The molecular weight excluding hydrogens is 218 g/mol. The Kier molecular flexibility index (Phi) is 7.54. The maximum absolute atomic E-state index is 11.8. The van der Waals surface area contributed by atoms with Crippen LogP contribution >= 0.6 is 0 Å². The quantitative estimate of drug-likeness (QED) is 0.677. The lowest BCUT2D eigenvalue weighted by atomic mass is 10.0. The Bertz CT molecular complexity index is 254. The molecule has 0 aromatic rings. The average Bonchev–Trinajstić information content (AvgIpc) is 2.24. The second kappa shape index (κ2) is 8.06. The van der Waals surface area contributed by atoms with Crippen molar-refractivity contribution in [2.75, 3.05) is 20.1 Å². The molecule has 0 bridgehead atoms. The smallest absolute Gasteiger partial charge is 0.239 e. The first kappa shape index (κ1) is 15.9. The van der Waals surface area contributed by atoms with Gasteiger partial charge in [0.2, 0.25) is 11.8 Å². The SMILES string of the molecule is CCCNC(=O)CN(C)C(=O)C(N)CC(C)C. The van der Waals surface area contributed by atoms with Crippen molar-refractivity contribution in [2.45, 2.75) is 39.7 Å². The van der Waals surface area contributed by atoms with E-state index in [0.717, 1.165) is 6.42 Å². The molecule has 0 saturated carbocycles. The Morgan fingerprint density at radius 1 is 1.35 bits per heavy atom. The molecule has 0 spiro atoms. The van der Waals surface area contributed by atoms with E-state index in [4.69, 9.17) is 5.73 Å². The van der Waals surface area contributed by atoms with Gasteiger partial charge in [-0.05, 0) is 18.8 Å². The number of hydrogen-bond acceptors (Lipinski definition) is 3. The first-order valence-corrected chi connectivity index (χ1v) is 6.15. The minimum absolute atomic E-state index is 0.0740. The van der Waals surface area contributed by atoms with Crippen LogP contribution in [-0.4, -0.2) is 42.9 Å². The molecule has 5 nitrogen and oxygen atoms in total. The topological polar surface area (TPSA) is 75.4 Å². The second-order valence-corrected chi connectivity index (χ2v) is 4.78. The summed E-state index contributed by atoms with van der Waals surface area (Å²) in [5.41, 5.74) is 5.77. The summed E-state index contributed by atoms with van der Waals surface area (Å²) in [6.45, 7) is 6.72. The van der Waals surface area contributed by atoms with Gasteiger partial charge in [-0.25, -0.2) is 0 Å². The van der Waals surface area contributed by atoms with E-state index in [1.807, 2.05) is 20.8 Å². The number of nitrogens with one attached hydrogen (secondary N) is 1. The van der Waals surface area contributed by atoms with Gasteiger partial charge in [-0.1, -0.05) is 20.8 Å². The van der Waals surface area contributed by atoms with Crippen LogP contribution in [0, 0.1) is 5.92 Å². The van der Waals surface area contributed by atoms with Crippen molar-refractivity contribution in [3.8, 4) is 0 Å². The van der Waals surface area contributed by atoms with E-state index in [-0.39, 0.29) is 18.4 Å². The summed E-state index contributed by atoms with van der Waals surface area (Å²) in [7, 11) is 1.61. The number of carbonyl (C=O) groups is 2. The van der Waals surface area contributed by atoms with E-state index >= 15 is 0 Å². The molecule has 2 amide bonds. The minimum atomic E-state index is -0.515. The maximum Gasteiger partial charge on any atom is 0.239 e. The van der Waals surface area contributed by atoms with Crippen LogP contribution in [0.2, 0.25) is 0 Å². The molecule has 0 saturated heterocycles. The predicted molar refractivity (Wildman–Crippen MR) is 68.4 cm³/mol. The van der Waals surface area contributed by atoms with Crippen molar-refractivity contribution in [2.24, 2.45) is 11.7 Å². The van der Waals surface area contributed by atoms with E-state index < -0.39 is 6.04 Å². The molecular formula is C12H25N3O2. The van der Waals surface area contributed by atoms with Crippen molar-refractivity contribution in [3.63, 3.8) is 0 Å². The molecule has 0 aromatic carbocycles. The molecule has 0 heterocycles. The third kappa shape index (κ3) is 6.94. The highest BCUT2D eigenvalue weighted by molar-refractivity contribution is 5.87. The second-order valence-electron chi connectivity index (χ2n) is 4.78. The van der Waals surface area contributed by atoms with Gasteiger partial charge in [-0.3, -0.25) is 9.59 Å². The molecule has 0 aromatic heterocycles. The summed E-state index contributed by atoms with van der Waals surface area (Å²) >= 11 is 0. The van der Waals surface area contributed by atoms with Gasteiger partial charge in [0.05, 0.1) is 12.6 Å². The maximum atomic E-state index is 11.8. The lowest BCUT2D eigenvalue weighted by Gasteiger charge is -2.21. The zero-order valence-corrected chi connectivity index (χ0v) is 11.3. The zero-order valence-electron chi connectivity index (χ0n) is 11.3. The molecule has 17 heavy (non-hydrogen) atoms. The molecule has 5 heteroatoms. The molecule has 0 radical (unpaired) electrons. The fourth-order valence-electron chi connectivity index (χ4n) is 1.51. The van der Waals surface area contributed by atoms with E-state index in [0.29, 0.717) is 18.9 Å². The largest absolute Gasteiger partial charge is 0.355 e. The third-order valence-electron chi connectivity index (χ3n) is 2.37. The lowest BCUT2D eigenvalue weighted by molar-refractivity contribution is -0.136. The lowest BCUT2D eigenvalue weighted by Crippen LogP contribution is -2.46. The highest BCUT2D eigenvalue weighted by Crippen LogP contribution is 2.04. The van der Waals surface area contributed by atoms with Crippen molar-refractivity contribution >= 4 is 11.8 Å². The third-order valence-corrected chi connectivity index (χ3v) is 2.37. The van der Waals surface area contributed by atoms with Gasteiger partial charge in [-0.15, -0.1) is 0 Å². The monoisotopic (exact) mass is 243 g/mol. The Labute approximate surface area is 104 Å². The number of likely N-dealkylation sites (N-methyl/N-ethyl adjacent to an activating group) is 1. The van der Waals surface area contributed by atoms with Gasteiger partial charge < -0.3 is 16.0 Å². The number of nitrogens with zero attached hydrogens (tertiary/aromatic N) is 1. The average molecular weight is 243 g/mol.